The van der Waals surface area contributed by atoms with Crippen molar-refractivity contribution in [1.29, 1.82) is 0 Å². The molecule has 3 atom stereocenters. The van der Waals surface area contributed by atoms with Crippen LogP contribution in [0, 0.1) is 0 Å². The maximum absolute atomic E-state index is 12.3. The molecular weight excluding hydrogens is 360 g/mol. The van der Waals surface area contributed by atoms with Crippen LogP contribution in [0.15, 0.2) is 24.3 Å². The fourth-order valence-electron chi connectivity index (χ4n) is 3.37. The molecule has 2 saturated heterocycles. The van der Waals surface area contributed by atoms with Crippen LogP contribution >= 0.6 is 11.8 Å². The molecule has 9 heteroatoms. The molecule has 3 N–H and O–H groups in total. The van der Waals surface area contributed by atoms with E-state index in [0.29, 0.717) is 5.56 Å². The number of fused-ring (bicyclic) bond motifs is 1. The Balaban J connectivity index is 1.67. The molecule has 0 aromatic heterocycles. The van der Waals surface area contributed by atoms with E-state index in [2.05, 4.69) is 5.32 Å². The number of nitrogens with one attached hydrogen (secondary N) is 1. The van der Waals surface area contributed by atoms with Crippen LogP contribution in [-0.2, 0) is 20.8 Å². The van der Waals surface area contributed by atoms with Crippen molar-refractivity contribution in [2.45, 2.75) is 42.5 Å². The second-order valence-corrected chi connectivity index (χ2v) is 8.60. The number of nitrogens with zero attached hydrogens (tertiary/aromatic N) is 1. The van der Waals surface area contributed by atoms with Crippen molar-refractivity contribution in [2.24, 2.45) is 0 Å². The van der Waals surface area contributed by atoms with Crippen LogP contribution in [0.25, 0.3) is 0 Å². The number of carbonyl (C=O) groups excluding carboxylic acids is 2. The Hall–Kier alpha value is -2.55. The predicted molar refractivity (Wildman–Crippen MR) is 92.8 cm³/mol. The zero-order chi connectivity index (χ0) is 19.2. The molecule has 2 aliphatic rings. The van der Waals surface area contributed by atoms with Gasteiger partial charge in [-0.1, -0.05) is 12.1 Å². The number of thioether (sulfide) groups is 1. The molecule has 0 spiro atoms. The summed E-state index contributed by atoms with van der Waals surface area (Å²) in [6, 6.07) is 4.33. The summed E-state index contributed by atoms with van der Waals surface area (Å²) in [6.45, 7) is 3.52. The standard InChI is InChI=1S/C17H18N2O6S/c1-17(2)12(16(24)25)19-13(21)11(14(19)26-17)18-10(20)7-8-4-3-5-9(6-8)15(22)23/h3-6,11-12,14H,7H2,1-2H3,(H,18,20)(H,22,23)(H,24,25)/t11?,12?,14-/m0/s1. The van der Waals surface area contributed by atoms with E-state index in [9.17, 15) is 24.3 Å². The summed E-state index contributed by atoms with van der Waals surface area (Å²) in [5, 5.41) is 20.6. The smallest absolute Gasteiger partial charge is 0.335 e. The molecule has 2 heterocycles. The van der Waals surface area contributed by atoms with Crippen LogP contribution < -0.4 is 5.32 Å². The summed E-state index contributed by atoms with van der Waals surface area (Å²) in [6.07, 6.45) is -0.0615. The minimum Gasteiger partial charge on any atom is -0.480 e. The molecule has 1 aromatic rings. The molecule has 2 aliphatic heterocycles. The lowest BCUT2D eigenvalue weighted by atomic mass is 9.96. The molecule has 0 radical (unpaired) electrons. The van der Waals surface area contributed by atoms with Gasteiger partial charge in [0.25, 0.3) is 0 Å². The zero-order valence-electron chi connectivity index (χ0n) is 14.1. The van der Waals surface area contributed by atoms with E-state index in [1.165, 1.54) is 28.8 Å². The Morgan fingerprint density at radius 2 is 1.96 bits per heavy atom. The first-order valence-electron chi connectivity index (χ1n) is 7.96. The fourth-order valence-corrected chi connectivity index (χ4v) is 4.99. The van der Waals surface area contributed by atoms with Crippen LogP contribution in [0.5, 0.6) is 0 Å². The molecule has 2 fully saturated rings. The van der Waals surface area contributed by atoms with Crippen LogP contribution in [0.3, 0.4) is 0 Å². The van der Waals surface area contributed by atoms with E-state index in [1.807, 2.05) is 0 Å². The quantitative estimate of drug-likeness (QED) is 0.640. The highest BCUT2D eigenvalue weighted by atomic mass is 32.2. The first-order valence-corrected chi connectivity index (χ1v) is 8.84. The van der Waals surface area contributed by atoms with Crippen LogP contribution in [-0.4, -0.2) is 61.1 Å². The Kier molecular flexibility index (Phi) is 4.43. The molecule has 0 saturated carbocycles. The lowest BCUT2D eigenvalue weighted by Crippen LogP contribution is -2.70. The zero-order valence-corrected chi connectivity index (χ0v) is 14.9. The molecule has 3 rings (SSSR count). The maximum Gasteiger partial charge on any atom is 0.335 e. The van der Waals surface area contributed by atoms with Gasteiger partial charge in [-0.25, -0.2) is 9.59 Å². The molecule has 8 nitrogen and oxygen atoms in total. The number of benzene rings is 1. The van der Waals surface area contributed by atoms with Crippen molar-refractivity contribution in [3.8, 4) is 0 Å². The number of carboxylic acid groups (broad SMARTS) is 2. The number of hydrogen-bond acceptors (Lipinski definition) is 5. The summed E-state index contributed by atoms with van der Waals surface area (Å²) in [5.41, 5.74) is 0.604. The van der Waals surface area contributed by atoms with Gasteiger partial charge in [-0.15, -0.1) is 11.8 Å². The van der Waals surface area contributed by atoms with Crippen molar-refractivity contribution in [3.05, 3.63) is 35.4 Å². The van der Waals surface area contributed by atoms with Gasteiger partial charge in [0.15, 0.2) is 0 Å². The highest BCUT2D eigenvalue weighted by molar-refractivity contribution is 8.01. The number of aromatic carboxylic acids is 1. The first kappa shape index (κ1) is 18.2. The Morgan fingerprint density at radius 3 is 2.58 bits per heavy atom. The number of β-lactam (4-membered cyclic amide) rings is 1. The second kappa shape index (κ2) is 6.31. The van der Waals surface area contributed by atoms with Gasteiger partial charge in [0.05, 0.1) is 12.0 Å². The number of hydrogen-bond donors (Lipinski definition) is 3. The van der Waals surface area contributed by atoms with Gasteiger partial charge < -0.3 is 20.4 Å². The Labute approximate surface area is 153 Å². The maximum atomic E-state index is 12.3. The number of amides is 2. The number of aliphatic carboxylic acids is 1. The van der Waals surface area contributed by atoms with Crippen molar-refractivity contribution in [3.63, 3.8) is 0 Å². The number of carbonyl (C=O) groups is 4. The van der Waals surface area contributed by atoms with Gasteiger partial charge in [-0.2, -0.15) is 0 Å². The average molecular weight is 378 g/mol. The van der Waals surface area contributed by atoms with E-state index in [-0.39, 0.29) is 12.0 Å². The highest BCUT2D eigenvalue weighted by Gasteiger charge is 2.64. The first-order chi connectivity index (χ1) is 12.1. The van der Waals surface area contributed by atoms with Gasteiger partial charge in [-0.05, 0) is 31.5 Å². The average Bonchev–Trinajstić information content (AvgIpc) is 2.81. The third kappa shape index (κ3) is 3.03. The molecule has 1 aromatic carbocycles. The van der Waals surface area contributed by atoms with Gasteiger partial charge in [0, 0.05) is 4.75 Å². The van der Waals surface area contributed by atoms with Crippen molar-refractivity contribution in [2.75, 3.05) is 0 Å². The molecule has 2 unspecified atom stereocenters. The molecule has 2 amide bonds. The minimum atomic E-state index is -1.08. The Morgan fingerprint density at radius 1 is 1.27 bits per heavy atom. The van der Waals surface area contributed by atoms with Gasteiger partial charge >= 0.3 is 11.9 Å². The topological polar surface area (TPSA) is 124 Å². The summed E-state index contributed by atoms with van der Waals surface area (Å²) >= 11 is 1.35. The third-order valence-electron chi connectivity index (χ3n) is 4.53. The van der Waals surface area contributed by atoms with Crippen molar-refractivity contribution < 1.29 is 29.4 Å². The van der Waals surface area contributed by atoms with Crippen LogP contribution in [0.4, 0.5) is 0 Å². The molecular formula is C17H18N2O6S. The number of carboxylic acids is 2. The predicted octanol–water partition coefficient (Wildman–Crippen LogP) is 0.559. The molecule has 26 heavy (non-hydrogen) atoms. The van der Waals surface area contributed by atoms with E-state index in [4.69, 9.17) is 5.11 Å². The summed E-state index contributed by atoms with van der Waals surface area (Å²) in [4.78, 5) is 48.3. The lowest BCUT2D eigenvalue weighted by molar-refractivity contribution is -0.161. The van der Waals surface area contributed by atoms with Crippen molar-refractivity contribution >= 4 is 35.5 Å². The summed E-state index contributed by atoms with van der Waals surface area (Å²) < 4.78 is -0.651. The molecule has 138 valence electrons. The van der Waals surface area contributed by atoms with Gasteiger partial charge in [-0.3, -0.25) is 9.59 Å². The van der Waals surface area contributed by atoms with Gasteiger partial charge in [0.2, 0.25) is 11.8 Å². The minimum absolute atomic E-state index is 0.0615. The molecule has 0 bridgehead atoms. The van der Waals surface area contributed by atoms with E-state index in [0.717, 1.165) is 0 Å². The third-order valence-corrected chi connectivity index (χ3v) is 6.10. The second-order valence-electron chi connectivity index (χ2n) is 6.83. The molecule has 0 aliphatic carbocycles. The number of rotatable bonds is 5. The summed E-state index contributed by atoms with van der Waals surface area (Å²) in [5.74, 6) is -2.97. The largest absolute Gasteiger partial charge is 0.480 e. The van der Waals surface area contributed by atoms with E-state index in [1.54, 1.807) is 26.0 Å². The Bertz CT molecular complexity index is 808. The summed E-state index contributed by atoms with van der Waals surface area (Å²) in [7, 11) is 0. The van der Waals surface area contributed by atoms with E-state index < -0.39 is 46.0 Å². The van der Waals surface area contributed by atoms with Gasteiger partial charge in [0.1, 0.15) is 17.5 Å². The SMILES string of the molecule is CC1(C)S[C@H]2C(NC(=O)Cc3cccc(C(=O)O)c3)C(=O)N2C1C(=O)O. The fraction of sp³-hybridized carbons (Fsp3) is 0.412. The van der Waals surface area contributed by atoms with Crippen LogP contribution in [0.1, 0.15) is 29.8 Å². The van der Waals surface area contributed by atoms with Crippen LogP contribution in [0.2, 0.25) is 0 Å². The highest BCUT2D eigenvalue weighted by Crippen LogP contribution is 2.50. The van der Waals surface area contributed by atoms with E-state index >= 15 is 0 Å². The normalized spacial score (nSPS) is 26.0. The van der Waals surface area contributed by atoms with Crippen molar-refractivity contribution in [1.82, 2.24) is 10.2 Å². The lowest BCUT2D eigenvalue weighted by Gasteiger charge is -2.43. The monoisotopic (exact) mass is 378 g/mol.